The van der Waals surface area contributed by atoms with E-state index in [1.165, 1.54) is 0 Å². The van der Waals surface area contributed by atoms with Crippen molar-refractivity contribution < 1.29 is 22.4 Å². The van der Waals surface area contributed by atoms with E-state index in [1.54, 1.807) is 6.20 Å². The first-order valence-electron chi connectivity index (χ1n) is 7.45. The first kappa shape index (κ1) is 17.0. The predicted molar refractivity (Wildman–Crippen MR) is 86.7 cm³/mol. The second kappa shape index (κ2) is 6.23. The number of nitrogens with zero attached hydrogens (tertiary/aromatic N) is 1. The number of fused-ring (bicyclic) bond motifs is 1. The lowest BCUT2D eigenvalue weighted by Crippen LogP contribution is -2.16. The maximum atomic E-state index is 13.7. The lowest BCUT2D eigenvalue weighted by molar-refractivity contribution is -0.137. The van der Waals surface area contributed by atoms with Crippen LogP contribution >= 0.6 is 0 Å². The van der Waals surface area contributed by atoms with Gasteiger partial charge in [0, 0.05) is 24.1 Å². The van der Waals surface area contributed by atoms with Gasteiger partial charge in [-0.1, -0.05) is 18.2 Å². The fraction of sp³-hybridized carbons (Fsp3) is 0.167. The Bertz CT molecular complexity index is 944. The SMILES string of the molecule is Cn1cc(CC(=O)Nc2cc(C(F)(F)F)ccc2F)c2ccccc21. The fourth-order valence-corrected chi connectivity index (χ4v) is 2.73. The minimum absolute atomic E-state index is 0.0724. The van der Waals surface area contributed by atoms with Crippen LogP contribution in [0.5, 0.6) is 0 Å². The minimum Gasteiger partial charge on any atom is -0.350 e. The van der Waals surface area contributed by atoms with Crippen LogP contribution in [-0.2, 0) is 24.4 Å². The topological polar surface area (TPSA) is 34.0 Å². The van der Waals surface area contributed by atoms with E-state index in [4.69, 9.17) is 0 Å². The molecule has 0 fully saturated rings. The number of anilines is 1. The van der Waals surface area contributed by atoms with Gasteiger partial charge in [-0.3, -0.25) is 4.79 Å². The highest BCUT2D eigenvalue weighted by molar-refractivity contribution is 5.96. The van der Waals surface area contributed by atoms with Gasteiger partial charge in [0.2, 0.25) is 5.91 Å². The zero-order valence-electron chi connectivity index (χ0n) is 13.2. The average Bonchev–Trinajstić information content (AvgIpc) is 2.85. The van der Waals surface area contributed by atoms with Crippen molar-refractivity contribution in [2.75, 3.05) is 5.32 Å². The zero-order chi connectivity index (χ0) is 18.2. The number of rotatable bonds is 3. The first-order valence-corrected chi connectivity index (χ1v) is 7.45. The summed E-state index contributed by atoms with van der Waals surface area (Å²) in [4.78, 5) is 12.2. The summed E-state index contributed by atoms with van der Waals surface area (Å²) in [6.45, 7) is 0. The van der Waals surface area contributed by atoms with Crippen molar-refractivity contribution >= 4 is 22.5 Å². The van der Waals surface area contributed by atoms with Gasteiger partial charge in [0.05, 0.1) is 17.7 Å². The van der Waals surface area contributed by atoms with Crippen molar-refractivity contribution in [3.05, 3.63) is 65.6 Å². The summed E-state index contributed by atoms with van der Waals surface area (Å²) in [5, 5.41) is 3.09. The van der Waals surface area contributed by atoms with Crippen molar-refractivity contribution in [2.45, 2.75) is 12.6 Å². The summed E-state index contributed by atoms with van der Waals surface area (Å²) in [7, 11) is 1.83. The van der Waals surface area contributed by atoms with Gasteiger partial charge in [-0.05, 0) is 29.8 Å². The molecule has 0 aliphatic heterocycles. The molecule has 0 unspecified atom stereocenters. The molecule has 0 saturated heterocycles. The van der Waals surface area contributed by atoms with Crippen LogP contribution in [0.25, 0.3) is 10.9 Å². The highest BCUT2D eigenvalue weighted by Crippen LogP contribution is 2.32. The van der Waals surface area contributed by atoms with Crippen LogP contribution in [0.1, 0.15) is 11.1 Å². The Morgan fingerprint density at radius 3 is 2.60 bits per heavy atom. The number of halogens is 4. The van der Waals surface area contributed by atoms with E-state index in [-0.39, 0.29) is 6.42 Å². The average molecular weight is 350 g/mol. The van der Waals surface area contributed by atoms with Gasteiger partial charge in [0.15, 0.2) is 0 Å². The van der Waals surface area contributed by atoms with Crippen molar-refractivity contribution in [3.63, 3.8) is 0 Å². The Labute approximate surface area is 140 Å². The van der Waals surface area contributed by atoms with Crippen LogP contribution < -0.4 is 5.32 Å². The van der Waals surface area contributed by atoms with Gasteiger partial charge in [0.1, 0.15) is 5.82 Å². The third-order valence-corrected chi connectivity index (χ3v) is 3.90. The fourth-order valence-electron chi connectivity index (χ4n) is 2.73. The molecule has 0 radical (unpaired) electrons. The molecule has 0 spiro atoms. The van der Waals surface area contributed by atoms with Crippen molar-refractivity contribution in [1.82, 2.24) is 4.57 Å². The van der Waals surface area contributed by atoms with Gasteiger partial charge in [0.25, 0.3) is 0 Å². The normalized spacial score (nSPS) is 11.7. The number of hydrogen-bond acceptors (Lipinski definition) is 1. The molecule has 130 valence electrons. The van der Waals surface area contributed by atoms with Crippen LogP contribution in [0.15, 0.2) is 48.7 Å². The largest absolute Gasteiger partial charge is 0.416 e. The van der Waals surface area contributed by atoms with Crippen molar-refractivity contribution in [3.8, 4) is 0 Å². The second-order valence-corrected chi connectivity index (χ2v) is 5.70. The predicted octanol–water partition coefficient (Wildman–Crippen LogP) is 4.52. The summed E-state index contributed by atoms with van der Waals surface area (Å²) >= 11 is 0. The number of alkyl halides is 3. The van der Waals surface area contributed by atoms with E-state index >= 15 is 0 Å². The number of carbonyl (C=O) groups excluding carboxylic acids is 1. The lowest BCUT2D eigenvalue weighted by atomic mass is 10.1. The molecule has 3 aromatic rings. The molecule has 1 N–H and O–H groups in total. The third-order valence-electron chi connectivity index (χ3n) is 3.90. The van der Waals surface area contributed by atoms with Crippen molar-refractivity contribution in [2.24, 2.45) is 7.05 Å². The number of carbonyl (C=O) groups is 1. The summed E-state index contributed by atoms with van der Waals surface area (Å²) < 4.78 is 53.7. The van der Waals surface area contributed by atoms with Gasteiger partial charge in [-0.2, -0.15) is 13.2 Å². The number of nitrogens with one attached hydrogen (secondary N) is 1. The highest BCUT2D eigenvalue weighted by atomic mass is 19.4. The highest BCUT2D eigenvalue weighted by Gasteiger charge is 2.31. The number of hydrogen-bond donors (Lipinski definition) is 1. The Morgan fingerprint density at radius 1 is 1.16 bits per heavy atom. The number of aromatic nitrogens is 1. The Hall–Kier alpha value is -2.83. The molecule has 0 atom stereocenters. The summed E-state index contributed by atoms with van der Waals surface area (Å²) in [5.74, 6) is -1.51. The molecule has 3 nitrogen and oxygen atoms in total. The zero-order valence-corrected chi connectivity index (χ0v) is 13.2. The molecule has 0 saturated carbocycles. The Morgan fingerprint density at radius 2 is 1.88 bits per heavy atom. The summed E-state index contributed by atoms with van der Waals surface area (Å²) in [6, 6.07) is 9.36. The molecule has 0 bridgehead atoms. The quantitative estimate of drug-likeness (QED) is 0.693. The van der Waals surface area contributed by atoms with Gasteiger partial charge < -0.3 is 9.88 Å². The van der Waals surface area contributed by atoms with Gasteiger partial charge >= 0.3 is 6.18 Å². The molecule has 3 rings (SSSR count). The Balaban J connectivity index is 1.83. The van der Waals surface area contributed by atoms with Crippen LogP contribution in [-0.4, -0.2) is 10.5 Å². The number of aryl methyl sites for hydroxylation is 1. The molecule has 1 aromatic heterocycles. The van der Waals surface area contributed by atoms with Gasteiger partial charge in [-0.25, -0.2) is 4.39 Å². The molecule has 2 aromatic carbocycles. The van der Waals surface area contributed by atoms with Crippen LogP contribution in [0.3, 0.4) is 0 Å². The van der Waals surface area contributed by atoms with Crippen molar-refractivity contribution in [1.29, 1.82) is 0 Å². The maximum absolute atomic E-state index is 13.7. The number of benzene rings is 2. The monoisotopic (exact) mass is 350 g/mol. The van der Waals surface area contributed by atoms with E-state index in [9.17, 15) is 22.4 Å². The van der Waals surface area contributed by atoms with E-state index in [2.05, 4.69) is 5.32 Å². The molecule has 1 amide bonds. The maximum Gasteiger partial charge on any atom is 0.416 e. The summed E-state index contributed by atoms with van der Waals surface area (Å²) in [6.07, 6.45) is -2.91. The number of para-hydroxylation sites is 1. The molecule has 25 heavy (non-hydrogen) atoms. The molecular formula is C18H14F4N2O. The van der Waals surface area contributed by atoms with Gasteiger partial charge in [-0.15, -0.1) is 0 Å². The Kier molecular flexibility index (Phi) is 4.24. The van der Waals surface area contributed by atoms with E-state index in [1.807, 2.05) is 35.9 Å². The molecule has 0 aliphatic carbocycles. The van der Waals surface area contributed by atoms with E-state index in [0.29, 0.717) is 23.8 Å². The molecular weight excluding hydrogens is 336 g/mol. The smallest absolute Gasteiger partial charge is 0.350 e. The van der Waals surface area contributed by atoms with Crippen LogP contribution in [0.2, 0.25) is 0 Å². The number of amides is 1. The summed E-state index contributed by atoms with van der Waals surface area (Å²) in [5.41, 5.74) is 0.132. The second-order valence-electron chi connectivity index (χ2n) is 5.70. The van der Waals surface area contributed by atoms with Crippen LogP contribution in [0, 0.1) is 5.82 Å². The molecule has 7 heteroatoms. The van der Waals surface area contributed by atoms with Crippen LogP contribution in [0.4, 0.5) is 23.2 Å². The lowest BCUT2D eigenvalue weighted by Gasteiger charge is -2.11. The van der Waals surface area contributed by atoms with E-state index in [0.717, 1.165) is 10.9 Å². The standard InChI is InChI=1S/C18H14F4N2O/c1-24-10-11(13-4-2-3-5-16(13)24)8-17(25)23-15-9-12(18(20,21)22)6-7-14(15)19/h2-7,9-10H,8H2,1H3,(H,23,25). The third kappa shape index (κ3) is 3.50. The first-order chi connectivity index (χ1) is 11.8. The van der Waals surface area contributed by atoms with E-state index < -0.39 is 29.2 Å². The molecule has 0 aliphatic rings. The minimum atomic E-state index is -4.61. The molecule has 1 heterocycles.